The molecule has 0 radical (unpaired) electrons. The molecule has 4 heteroatoms. The van der Waals surface area contributed by atoms with Crippen LogP contribution in [0.25, 0.3) is 0 Å². The molecule has 1 heterocycles. The van der Waals surface area contributed by atoms with Crippen molar-refractivity contribution in [2.75, 3.05) is 5.32 Å². The van der Waals surface area contributed by atoms with E-state index < -0.39 is 0 Å². The number of anilines is 1. The van der Waals surface area contributed by atoms with Crippen LogP contribution in [0.1, 0.15) is 52.0 Å². The monoisotopic (exact) mass is 291 g/mol. The number of pyridine rings is 1. The summed E-state index contributed by atoms with van der Waals surface area (Å²) in [6.07, 6.45) is 6.83. The Hall–Kier alpha value is -1.16. The second-order valence-electron chi connectivity index (χ2n) is 7.58. The lowest BCUT2D eigenvalue weighted by atomic mass is 10.1. The first-order valence-corrected chi connectivity index (χ1v) is 8.09. The van der Waals surface area contributed by atoms with Crippen LogP contribution in [0.4, 0.5) is 10.2 Å². The minimum absolute atomic E-state index is 0.0200. The van der Waals surface area contributed by atoms with E-state index in [4.69, 9.17) is 0 Å². The summed E-state index contributed by atoms with van der Waals surface area (Å²) in [7, 11) is 0. The summed E-state index contributed by atoms with van der Waals surface area (Å²) in [4.78, 5) is 4.23. The van der Waals surface area contributed by atoms with Crippen molar-refractivity contribution in [1.29, 1.82) is 0 Å². The number of rotatable bonds is 6. The van der Waals surface area contributed by atoms with Gasteiger partial charge in [0.05, 0.1) is 0 Å². The van der Waals surface area contributed by atoms with Gasteiger partial charge in [-0.25, -0.2) is 9.37 Å². The van der Waals surface area contributed by atoms with Gasteiger partial charge in [0.25, 0.3) is 0 Å². The number of nitrogens with one attached hydrogen (secondary N) is 2. The highest BCUT2D eigenvalue weighted by Crippen LogP contribution is 2.45. The minimum atomic E-state index is -0.194. The predicted molar refractivity (Wildman–Crippen MR) is 83.6 cm³/mol. The zero-order valence-corrected chi connectivity index (χ0v) is 13.2. The fourth-order valence-corrected chi connectivity index (χ4v) is 2.77. The summed E-state index contributed by atoms with van der Waals surface area (Å²) in [6.45, 7) is 6.79. The first kappa shape index (κ1) is 14.8. The Kier molecular flexibility index (Phi) is 3.91. The summed E-state index contributed by atoms with van der Waals surface area (Å²) in [5.74, 6) is 1.71. The van der Waals surface area contributed by atoms with Crippen molar-refractivity contribution in [1.82, 2.24) is 10.3 Å². The topological polar surface area (TPSA) is 37.0 Å². The Morgan fingerprint density at radius 2 is 1.86 bits per heavy atom. The molecule has 2 saturated carbocycles. The molecule has 0 aliphatic heterocycles. The molecule has 0 amide bonds. The van der Waals surface area contributed by atoms with Crippen molar-refractivity contribution >= 4 is 5.82 Å². The summed E-state index contributed by atoms with van der Waals surface area (Å²) in [5, 5.41) is 6.73. The van der Waals surface area contributed by atoms with Crippen molar-refractivity contribution in [2.24, 2.45) is 11.8 Å². The summed E-state index contributed by atoms with van der Waals surface area (Å²) in [5.41, 5.74) is 0.668. The van der Waals surface area contributed by atoms with Crippen LogP contribution in [-0.4, -0.2) is 16.6 Å². The van der Waals surface area contributed by atoms with Crippen molar-refractivity contribution in [3.63, 3.8) is 0 Å². The number of hydrogen-bond donors (Lipinski definition) is 2. The average molecular weight is 291 g/mol. The van der Waals surface area contributed by atoms with Gasteiger partial charge in [-0.1, -0.05) is 0 Å². The molecule has 1 aromatic rings. The molecule has 0 aromatic carbocycles. The van der Waals surface area contributed by atoms with Gasteiger partial charge in [0.15, 0.2) is 11.6 Å². The Morgan fingerprint density at radius 1 is 1.24 bits per heavy atom. The molecule has 3 nitrogen and oxygen atoms in total. The summed E-state index contributed by atoms with van der Waals surface area (Å²) in [6, 6.07) is 2.19. The van der Waals surface area contributed by atoms with Gasteiger partial charge in [0.1, 0.15) is 0 Å². The molecule has 2 aliphatic rings. The SMILES string of the molecule is CC(C)(C)NCc1ccnc(NC(C2CC2)C2CC2)c1F. The molecular formula is C17H26FN3. The largest absolute Gasteiger partial charge is 0.364 e. The van der Waals surface area contributed by atoms with E-state index in [0.717, 1.165) is 11.8 Å². The maximum absolute atomic E-state index is 14.6. The highest BCUT2D eigenvalue weighted by molar-refractivity contribution is 5.42. The van der Waals surface area contributed by atoms with Crippen LogP contribution in [0.2, 0.25) is 0 Å². The summed E-state index contributed by atoms with van der Waals surface area (Å²) >= 11 is 0. The zero-order chi connectivity index (χ0) is 15.0. The number of aromatic nitrogens is 1. The quantitative estimate of drug-likeness (QED) is 0.839. The number of nitrogens with zero attached hydrogens (tertiary/aromatic N) is 1. The maximum Gasteiger partial charge on any atom is 0.169 e. The minimum Gasteiger partial charge on any atom is -0.364 e. The zero-order valence-electron chi connectivity index (χ0n) is 13.2. The smallest absolute Gasteiger partial charge is 0.169 e. The molecule has 2 aliphatic carbocycles. The third-order valence-electron chi connectivity index (χ3n) is 4.34. The van der Waals surface area contributed by atoms with E-state index in [2.05, 4.69) is 36.4 Å². The van der Waals surface area contributed by atoms with E-state index in [1.807, 2.05) is 0 Å². The van der Waals surface area contributed by atoms with Crippen molar-refractivity contribution in [3.05, 3.63) is 23.6 Å². The van der Waals surface area contributed by atoms with Crippen LogP contribution in [0, 0.1) is 17.7 Å². The normalized spacial score (nSPS) is 19.1. The lowest BCUT2D eigenvalue weighted by molar-refractivity contribution is 0.418. The molecule has 0 spiro atoms. The number of hydrogen-bond acceptors (Lipinski definition) is 3. The van der Waals surface area contributed by atoms with E-state index in [0.29, 0.717) is 24.0 Å². The van der Waals surface area contributed by atoms with Crippen LogP contribution < -0.4 is 10.6 Å². The van der Waals surface area contributed by atoms with Gasteiger partial charge in [-0.05, 0) is 64.4 Å². The second kappa shape index (κ2) is 5.56. The van der Waals surface area contributed by atoms with E-state index in [1.54, 1.807) is 12.3 Å². The van der Waals surface area contributed by atoms with Gasteiger partial charge in [-0.15, -0.1) is 0 Å². The van der Waals surface area contributed by atoms with Gasteiger partial charge in [-0.3, -0.25) is 0 Å². The lowest BCUT2D eigenvalue weighted by Crippen LogP contribution is -2.35. The van der Waals surface area contributed by atoms with E-state index in [-0.39, 0.29) is 11.4 Å². The van der Waals surface area contributed by atoms with Crippen molar-refractivity contribution in [2.45, 2.75) is 64.6 Å². The van der Waals surface area contributed by atoms with Crippen molar-refractivity contribution < 1.29 is 4.39 Å². The highest BCUT2D eigenvalue weighted by atomic mass is 19.1. The van der Waals surface area contributed by atoms with Crippen molar-refractivity contribution in [3.8, 4) is 0 Å². The molecular weight excluding hydrogens is 265 g/mol. The fraction of sp³-hybridized carbons (Fsp3) is 0.706. The van der Waals surface area contributed by atoms with E-state index >= 15 is 0 Å². The van der Waals surface area contributed by atoms with Gasteiger partial charge >= 0.3 is 0 Å². The molecule has 0 saturated heterocycles. The maximum atomic E-state index is 14.6. The lowest BCUT2D eigenvalue weighted by Gasteiger charge is -2.22. The van der Waals surface area contributed by atoms with Gasteiger partial charge < -0.3 is 10.6 Å². The molecule has 0 bridgehead atoms. The highest BCUT2D eigenvalue weighted by Gasteiger charge is 2.41. The van der Waals surface area contributed by atoms with Gasteiger partial charge in [0, 0.05) is 29.9 Å². The Balaban J connectivity index is 1.70. The van der Waals surface area contributed by atoms with Gasteiger partial charge in [0.2, 0.25) is 0 Å². The Morgan fingerprint density at radius 3 is 2.38 bits per heavy atom. The molecule has 2 fully saturated rings. The van der Waals surface area contributed by atoms with E-state index in [1.165, 1.54) is 25.7 Å². The van der Waals surface area contributed by atoms with E-state index in [9.17, 15) is 4.39 Å². The molecule has 3 rings (SSSR count). The summed E-state index contributed by atoms with van der Waals surface area (Å²) < 4.78 is 14.6. The molecule has 1 aromatic heterocycles. The van der Waals surface area contributed by atoms with Crippen LogP contribution in [0.3, 0.4) is 0 Å². The standard InChI is InChI=1S/C17H26FN3/c1-17(2,3)20-10-13-8-9-19-16(14(13)18)21-15(11-4-5-11)12-6-7-12/h8-9,11-12,15,20H,4-7,10H2,1-3H3,(H,19,21). The second-order valence-corrected chi connectivity index (χ2v) is 7.58. The predicted octanol–water partition coefficient (Wildman–Crippen LogP) is 3.71. The Labute approximate surface area is 126 Å². The average Bonchev–Trinajstić information content (AvgIpc) is 3.26. The molecule has 116 valence electrons. The van der Waals surface area contributed by atoms with Gasteiger partial charge in [-0.2, -0.15) is 0 Å². The number of halogens is 1. The first-order valence-electron chi connectivity index (χ1n) is 8.09. The molecule has 0 unspecified atom stereocenters. The van der Waals surface area contributed by atoms with Crippen LogP contribution in [0.15, 0.2) is 12.3 Å². The van der Waals surface area contributed by atoms with Crippen LogP contribution in [0.5, 0.6) is 0 Å². The van der Waals surface area contributed by atoms with Crippen LogP contribution in [-0.2, 0) is 6.54 Å². The third-order valence-corrected chi connectivity index (χ3v) is 4.34. The molecule has 21 heavy (non-hydrogen) atoms. The molecule has 0 atom stereocenters. The fourth-order valence-electron chi connectivity index (χ4n) is 2.77. The van der Waals surface area contributed by atoms with Crippen LogP contribution >= 0.6 is 0 Å². The third kappa shape index (κ3) is 3.94. The molecule has 2 N–H and O–H groups in total. The first-order chi connectivity index (χ1) is 9.94. The Bertz CT molecular complexity index is 489.